The van der Waals surface area contributed by atoms with Gasteiger partial charge in [0.1, 0.15) is 0 Å². The number of halogens is 1. The van der Waals surface area contributed by atoms with E-state index in [0.717, 1.165) is 38.7 Å². The van der Waals surface area contributed by atoms with E-state index in [0.29, 0.717) is 5.15 Å². The summed E-state index contributed by atoms with van der Waals surface area (Å²) in [5.41, 5.74) is 3.02. The Bertz CT molecular complexity index is 736. The van der Waals surface area contributed by atoms with Crippen LogP contribution in [0.15, 0.2) is 24.3 Å². The van der Waals surface area contributed by atoms with Crippen molar-refractivity contribution in [3.63, 3.8) is 0 Å². The summed E-state index contributed by atoms with van der Waals surface area (Å²) >= 11 is 7.62. The summed E-state index contributed by atoms with van der Waals surface area (Å²) in [6.07, 6.45) is 0.842. The average molecular weight is 305 g/mol. The largest absolute Gasteiger partial charge is 0.314 e. The number of para-hydroxylation sites is 1. The third-order valence-corrected chi connectivity index (χ3v) is 4.47. The minimum Gasteiger partial charge on any atom is -0.314 e. The van der Waals surface area contributed by atoms with Crippen LogP contribution < -0.4 is 5.32 Å². The van der Waals surface area contributed by atoms with E-state index in [1.807, 2.05) is 25.1 Å². The van der Waals surface area contributed by atoms with Crippen molar-refractivity contribution >= 4 is 44.1 Å². The third-order valence-electron chi connectivity index (χ3n) is 3.16. The lowest BCUT2D eigenvalue weighted by Gasteiger charge is -2.10. The molecule has 0 saturated carbocycles. The van der Waals surface area contributed by atoms with Crippen molar-refractivity contribution in [2.24, 2.45) is 0 Å². The van der Waals surface area contributed by atoms with Crippen LogP contribution in [-0.2, 0) is 6.42 Å². The molecule has 0 aliphatic heterocycles. The van der Waals surface area contributed by atoms with E-state index < -0.39 is 0 Å². The lowest BCUT2D eigenvalue weighted by Crippen LogP contribution is -2.03. The summed E-state index contributed by atoms with van der Waals surface area (Å²) in [7, 11) is 0. The Morgan fingerprint density at radius 3 is 2.80 bits per heavy atom. The fourth-order valence-corrected chi connectivity index (χ4v) is 3.11. The molecule has 0 bridgehead atoms. The summed E-state index contributed by atoms with van der Waals surface area (Å²) < 4.78 is 1.15. The maximum absolute atomic E-state index is 6.02. The van der Waals surface area contributed by atoms with Gasteiger partial charge in [-0.2, -0.15) is 0 Å². The minimum absolute atomic E-state index is 0.455. The second kappa shape index (κ2) is 5.34. The molecule has 1 aromatic carbocycles. The highest BCUT2D eigenvalue weighted by Crippen LogP contribution is 2.30. The van der Waals surface area contributed by atoms with Crippen molar-refractivity contribution in [1.82, 2.24) is 15.2 Å². The van der Waals surface area contributed by atoms with Crippen molar-refractivity contribution in [3.8, 4) is 0 Å². The Hall–Kier alpha value is -1.72. The maximum Gasteiger partial charge on any atom is 0.189 e. The number of benzene rings is 1. The standard InChI is InChI=1S/C14H13ClN4S/c1-3-9-8(2)12(15)18-19-13(9)17-14-16-10-6-4-5-7-11(10)20-14/h4-7H,3H2,1-2H3,(H,16,17,19). The number of aromatic nitrogens is 3. The van der Waals surface area contributed by atoms with Gasteiger partial charge in [-0.15, -0.1) is 10.2 Å². The summed E-state index contributed by atoms with van der Waals surface area (Å²) in [5.74, 6) is 0.730. The molecule has 0 unspecified atom stereocenters. The Balaban J connectivity index is 2.00. The normalized spacial score (nSPS) is 10.9. The number of hydrogen-bond acceptors (Lipinski definition) is 5. The minimum atomic E-state index is 0.455. The lowest BCUT2D eigenvalue weighted by molar-refractivity contribution is 0.968. The Kier molecular flexibility index (Phi) is 3.54. The highest BCUT2D eigenvalue weighted by molar-refractivity contribution is 7.22. The number of thiazole rings is 1. The SMILES string of the molecule is CCc1c(Nc2nc3ccccc3s2)nnc(Cl)c1C. The molecule has 2 aromatic heterocycles. The second-order valence-corrected chi connectivity index (χ2v) is 5.80. The van der Waals surface area contributed by atoms with Crippen LogP contribution in [0, 0.1) is 6.92 Å². The zero-order chi connectivity index (χ0) is 14.1. The van der Waals surface area contributed by atoms with Gasteiger partial charge in [-0.05, 0) is 31.0 Å². The van der Waals surface area contributed by atoms with Gasteiger partial charge in [-0.1, -0.05) is 42.0 Å². The van der Waals surface area contributed by atoms with Crippen molar-refractivity contribution < 1.29 is 0 Å². The van der Waals surface area contributed by atoms with Crippen LogP contribution in [-0.4, -0.2) is 15.2 Å². The Labute approximate surface area is 125 Å². The summed E-state index contributed by atoms with van der Waals surface area (Å²) in [6.45, 7) is 4.03. The number of nitrogens with zero attached hydrogens (tertiary/aromatic N) is 3. The first-order chi connectivity index (χ1) is 9.69. The molecule has 2 heterocycles. The quantitative estimate of drug-likeness (QED) is 0.781. The molecule has 3 rings (SSSR count). The van der Waals surface area contributed by atoms with Crippen LogP contribution in [0.4, 0.5) is 10.9 Å². The van der Waals surface area contributed by atoms with Gasteiger partial charge in [0.25, 0.3) is 0 Å². The predicted molar refractivity (Wildman–Crippen MR) is 84.1 cm³/mol. The smallest absolute Gasteiger partial charge is 0.189 e. The van der Waals surface area contributed by atoms with Crippen LogP contribution in [0.1, 0.15) is 18.1 Å². The molecule has 0 amide bonds. The molecule has 0 saturated heterocycles. The highest BCUT2D eigenvalue weighted by Gasteiger charge is 2.12. The van der Waals surface area contributed by atoms with Crippen LogP contribution >= 0.6 is 22.9 Å². The molecule has 6 heteroatoms. The average Bonchev–Trinajstić information content (AvgIpc) is 2.85. The van der Waals surface area contributed by atoms with Crippen molar-refractivity contribution in [1.29, 1.82) is 0 Å². The molecule has 3 aromatic rings. The molecule has 20 heavy (non-hydrogen) atoms. The van der Waals surface area contributed by atoms with Crippen molar-refractivity contribution in [2.75, 3.05) is 5.32 Å². The molecule has 0 fully saturated rings. The van der Waals surface area contributed by atoms with Gasteiger partial charge in [0.15, 0.2) is 16.1 Å². The van der Waals surface area contributed by atoms with Gasteiger partial charge in [0.05, 0.1) is 10.2 Å². The Morgan fingerprint density at radius 1 is 1.25 bits per heavy atom. The number of rotatable bonds is 3. The molecule has 0 radical (unpaired) electrons. The maximum atomic E-state index is 6.02. The number of hydrogen-bond donors (Lipinski definition) is 1. The molecule has 0 aliphatic rings. The lowest BCUT2D eigenvalue weighted by atomic mass is 10.1. The van der Waals surface area contributed by atoms with Gasteiger partial charge < -0.3 is 5.32 Å². The zero-order valence-electron chi connectivity index (χ0n) is 11.1. The first-order valence-electron chi connectivity index (χ1n) is 6.33. The monoisotopic (exact) mass is 304 g/mol. The van der Waals surface area contributed by atoms with E-state index in [1.165, 1.54) is 0 Å². The molecule has 4 nitrogen and oxygen atoms in total. The van der Waals surface area contributed by atoms with E-state index in [1.54, 1.807) is 11.3 Å². The summed E-state index contributed by atoms with van der Waals surface area (Å²) in [6, 6.07) is 8.04. The van der Waals surface area contributed by atoms with Gasteiger partial charge in [0.2, 0.25) is 0 Å². The fraction of sp³-hybridized carbons (Fsp3) is 0.214. The molecular weight excluding hydrogens is 292 g/mol. The molecule has 0 spiro atoms. The molecule has 102 valence electrons. The number of anilines is 2. The van der Waals surface area contributed by atoms with E-state index in [9.17, 15) is 0 Å². The number of fused-ring (bicyclic) bond motifs is 1. The fourth-order valence-electron chi connectivity index (χ4n) is 2.09. The molecule has 0 aliphatic carbocycles. The van der Waals surface area contributed by atoms with Gasteiger partial charge in [-0.25, -0.2) is 4.98 Å². The van der Waals surface area contributed by atoms with Crippen molar-refractivity contribution in [3.05, 3.63) is 40.5 Å². The Morgan fingerprint density at radius 2 is 2.05 bits per heavy atom. The summed E-state index contributed by atoms with van der Waals surface area (Å²) in [4.78, 5) is 4.54. The van der Waals surface area contributed by atoms with E-state index in [4.69, 9.17) is 11.6 Å². The van der Waals surface area contributed by atoms with Crippen molar-refractivity contribution in [2.45, 2.75) is 20.3 Å². The second-order valence-electron chi connectivity index (χ2n) is 4.41. The van der Waals surface area contributed by atoms with Crippen LogP contribution in [0.5, 0.6) is 0 Å². The van der Waals surface area contributed by atoms with Gasteiger partial charge in [-0.3, -0.25) is 0 Å². The summed E-state index contributed by atoms with van der Waals surface area (Å²) in [5, 5.41) is 12.6. The topological polar surface area (TPSA) is 50.7 Å². The van der Waals surface area contributed by atoms with Gasteiger partial charge >= 0.3 is 0 Å². The van der Waals surface area contributed by atoms with E-state index >= 15 is 0 Å². The third kappa shape index (κ3) is 2.34. The molecule has 1 N–H and O–H groups in total. The zero-order valence-corrected chi connectivity index (χ0v) is 12.7. The first kappa shape index (κ1) is 13.3. The number of nitrogens with one attached hydrogen (secondary N) is 1. The molecular formula is C14H13ClN4S. The van der Waals surface area contributed by atoms with E-state index in [2.05, 4.69) is 33.5 Å². The highest BCUT2D eigenvalue weighted by atomic mass is 35.5. The van der Waals surface area contributed by atoms with Crippen LogP contribution in [0.2, 0.25) is 5.15 Å². The predicted octanol–water partition coefficient (Wildman–Crippen LogP) is 4.35. The molecule has 0 atom stereocenters. The van der Waals surface area contributed by atoms with Crippen LogP contribution in [0.3, 0.4) is 0 Å². The van der Waals surface area contributed by atoms with Gasteiger partial charge in [0, 0.05) is 5.56 Å². The first-order valence-corrected chi connectivity index (χ1v) is 7.52. The van der Waals surface area contributed by atoms with Crippen LogP contribution in [0.25, 0.3) is 10.2 Å². The van der Waals surface area contributed by atoms with E-state index in [-0.39, 0.29) is 0 Å².